The Balaban J connectivity index is 2.47. The van der Waals surface area contributed by atoms with Crippen molar-refractivity contribution in [3.63, 3.8) is 0 Å². The van der Waals surface area contributed by atoms with Gasteiger partial charge in [0.1, 0.15) is 0 Å². The molecule has 1 aliphatic rings. The zero-order chi connectivity index (χ0) is 12.6. The Labute approximate surface area is 93.1 Å². The summed E-state index contributed by atoms with van der Waals surface area (Å²) in [5, 5.41) is 25.8. The predicted molar refractivity (Wildman–Crippen MR) is 52.9 cm³/mol. The number of hydrogen-bond acceptors (Lipinski definition) is 5. The molecule has 1 aromatic carbocycles. The third-order valence-corrected chi connectivity index (χ3v) is 2.02. The summed E-state index contributed by atoms with van der Waals surface area (Å²) in [6, 6.07) is 1.20. The van der Waals surface area contributed by atoms with E-state index in [0.29, 0.717) is 4.90 Å². The fraction of sp³-hybridized carbons (Fsp3) is 0. The molecule has 0 fully saturated rings. The van der Waals surface area contributed by atoms with Crippen LogP contribution in [0.4, 0.5) is 21.0 Å². The van der Waals surface area contributed by atoms with E-state index in [2.05, 4.69) is 10.2 Å². The molecule has 0 atom stereocenters. The molecule has 2 rings (SSSR count). The lowest BCUT2D eigenvalue weighted by molar-refractivity contribution is -0.385. The number of urea groups is 2. The number of rotatable bonds is 2. The molecule has 0 aromatic heterocycles. The summed E-state index contributed by atoms with van der Waals surface area (Å²) >= 11 is 0. The topological polar surface area (TPSA) is 125 Å². The maximum absolute atomic E-state index is 11.2. The van der Waals surface area contributed by atoms with Gasteiger partial charge < -0.3 is 5.11 Å². The largest absolute Gasteiger partial charge is 0.502 e. The van der Waals surface area contributed by atoms with E-state index in [1.54, 1.807) is 0 Å². The van der Waals surface area contributed by atoms with E-state index < -0.39 is 28.4 Å². The molecular formula is C8H4N4O5. The fourth-order valence-corrected chi connectivity index (χ4v) is 1.27. The van der Waals surface area contributed by atoms with Crippen molar-refractivity contribution in [2.75, 3.05) is 4.90 Å². The average Bonchev–Trinajstić information content (AvgIpc) is 2.59. The van der Waals surface area contributed by atoms with Gasteiger partial charge in [0.2, 0.25) is 0 Å². The lowest BCUT2D eigenvalue weighted by atomic mass is 10.2. The van der Waals surface area contributed by atoms with E-state index in [1.807, 2.05) is 0 Å². The first-order valence-electron chi connectivity index (χ1n) is 4.28. The Hall–Kier alpha value is -2.84. The highest BCUT2D eigenvalue weighted by molar-refractivity contribution is 6.17. The molecule has 0 unspecified atom stereocenters. The van der Waals surface area contributed by atoms with E-state index in [4.69, 9.17) is 0 Å². The summed E-state index contributed by atoms with van der Waals surface area (Å²) < 4.78 is 0. The third kappa shape index (κ3) is 1.69. The summed E-state index contributed by atoms with van der Waals surface area (Å²) in [5.41, 5.74) is -0.690. The predicted octanol–water partition coefficient (Wildman–Crippen LogP) is 1.81. The molecule has 9 heteroatoms. The third-order valence-electron chi connectivity index (χ3n) is 2.02. The van der Waals surface area contributed by atoms with Crippen LogP contribution >= 0.6 is 0 Å². The number of carbonyl (C=O) groups excluding carboxylic acids is 2. The molecule has 0 aliphatic carbocycles. The monoisotopic (exact) mass is 236 g/mol. The van der Waals surface area contributed by atoms with Crippen LogP contribution in [-0.4, -0.2) is 22.1 Å². The first-order valence-corrected chi connectivity index (χ1v) is 4.28. The number of phenolic OH excluding ortho intramolecular Hbond substituents is 1. The Kier molecular flexibility index (Phi) is 2.28. The molecule has 1 aromatic rings. The second kappa shape index (κ2) is 3.63. The average molecular weight is 236 g/mol. The Morgan fingerprint density at radius 3 is 2.35 bits per heavy atom. The number of carbonyl (C=O) groups is 2. The van der Waals surface area contributed by atoms with E-state index in [1.165, 1.54) is 6.07 Å². The molecule has 0 saturated carbocycles. The standard InChI is InChI=1S/C8H4N4O5/c13-6-2-1-4(3-5(6)12(16)17)11-7(14)9-10-8(11)15/h1-3,13H. The maximum atomic E-state index is 11.2. The zero-order valence-electron chi connectivity index (χ0n) is 8.10. The van der Waals surface area contributed by atoms with Gasteiger partial charge in [0, 0.05) is 6.07 Å². The van der Waals surface area contributed by atoms with Crippen LogP contribution in [0, 0.1) is 10.1 Å². The minimum atomic E-state index is -0.935. The number of imide groups is 1. The molecule has 1 heterocycles. The van der Waals surface area contributed by atoms with Gasteiger partial charge >= 0.3 is 17.7 Å². The number of nitro groups is 1. The number of nitrogens with zero attached hydrogens (tertiary/aromatic N) is 4. The van der Waals surface area contributed by atoms with Crippen molar-refractivity contribution >= 4 is 23.4 Å². The minimum Gasteiger partial charge on any atom is -0.502 e. The van der Waals surface area contributed by atoms with Crippen molar-refractivity contribution in [2.45, 2.75) is 0 Å². The molecule has 86 valence electrons. The van der Waals surface area contributed by atoms with E-state index in [9.17, 15) is 24.8 Å². The van der Waals surface area contributed by atoms with Gasteiger partial charge in [-0.15, -0.1) is 0 Å². The number of azo groups is 1. The van der Waals surface area contributed by atoms with Crippen molar-refractivity contribution in [3.8, 4) is 5.75 Å². The molecule has 17 heavy (non-hydrogen) atoms. The number of anilines is 1. The first-order chi connectivity index (χ1) is 8.00. The molecule has 0 radical (unpaired) electrons. The van der Waals surface area contributed by atoms with E-state index in [-0.39, 0.29) is 5.69 Å². The lowest BCUT2D eigenvalue weighted by Crippen LogP contribution is -2.27. The van der Waals surface area contributed by atoms with Gasteiger partial charge in [0.15, 0.2) is 5.75 Å². The number of nitro benzene ring substituents is 1. The molecule has 0 spiro atoms. The van der Waals surface area contributed by atoms with Crippen LogP contribution in [0.15, 0.2) is 28.4 Å². The Morgan fingerprint density at radius 2 is 1.82 bits per heavy atom. The summed E-state index contributed by atoms with van der Waals surface area (Å²) in [5.74, 6) is -0.563. The zero-order valence-corrected chi connectivity index (χ0v) is 8.10. The number of phenols is 1. The Morgan fingerprint density at radius 1 is 1.24 bits per heavy atom. The number of benzene rings is 1. The van der Waals surface area contributed by atoms with Gasteiger partial charge in [0.05, 0.1) is 10.6 Å². The minimum absolute atomic E-state index is 0.0745. The van der Waals surface area contributed by atoms with Gasteiger partial charge in [-0.3, -0.25) is 10.1 Å². The quantitative estimate of drug-likeness (QED) is 0.618. The van der Waals surface area contributed by atoms with Crippen LogP contribution < -0.4 is 4.90 Å². The van der Waals surface area contributed by atoms with Crippen LogP contribution in [0.25, 0.3) is 0 Å². The van der Waals surface area contributed by atoms with Crippen molar-refractivity contribution in [1.29, 1.82) is 0 Å². The Bertz CT molecular complexity index is 549. The molecule has 1 aliphatic heterocycles. The highest BCUT2D eigenvalue weighted by Crippen LogP contribution is 2.31. The summed E-state index contributed by atoms with van der Waals surface area (Å²) in [6.07, 6.45) is 0. The van der Waals surface area contributed by atoms with E-state index >= 15 is 0 Å². The van der Waals surface area contributed by atoms with Crippen molar-refractivity contribution in [2.24, 2.45) is 10.2 Å². The molecular weight excluding hydrogens is 232 g/mol. The van der Waals surface area contributed by atoms with Gasteiger partial charge in [-0.05, 0) is 12.1 Å². The van der Waals surface area contributed by atoms with Gasteiger partial charge in [0.25, 0.3) is 0 Å². The number of aromatic hydroxyl groups is 1. The van der Waals surface area contributed by atoms with Gasteiger partial charge in [-0.25, -0.2) is 14.5 Å². The smallest absolute Gasteiger partial charge is 0.375 e. The fourth-order valence-electron chi connectivity index (χ4n) is 1.27. The second-order valence-corrected chi connectivity index (χ2v) is 3.03. The maximum Gasteiger partial charge on any atom is 0.375 e. The van der Waals surface area contributed by atoms with Gasteiger partial charge in [-0.1, -0.05) is 10.2 Å². The lowest BCUT2D eigenvalue weighted by Gasteiger charge is -2.10. The molecule has 0 saturated heterocycles. The normalized spacial score (nSPS) is 14.5. The van der Waals surface area contributed by atoms with Crippen LogP contribution in [0.2, 0.25) is 0 Å². The summed E-state index contributed by atoms with van der Waals surface area (Å²) in [6.45, 7) is 0. The SMILES string of the molecule is O=C1N=NC(=O)N1c1ccc(O)c([N+](=O)[O-])c1. The van der Waals surface area contributed by atoms with Crippen LogP contribution in [0.1, 0.15) is 0 Å². The molecule has 9 nitrogen and oxygen atoms in total. The molecule has 4 amide bonds. The van der Waals surface area contributed by atoms with Crippen LogP contribution in [0.3, 0.4) is 0 Å². The second-order valence-electron chi connectivity index (χ2n) is 3.03. The summed E-state index contributed by atoms with van der Waals surface area (Å²) in [7, 11) is 0. The van der Waals surface area contributed by atoms with Crippen molar-refractivity contribution < 1.29 is 19.6 Å². The van der Waals surface area contributed by atoms with Gasteiger partial charge in [-0.2, -0.15) is 0 Å². The number of amides is 4. The highest BCUT2D eigenvalue weighted by Gasteiger charge is 2.30. The van der Waals surface area contributed by atoms with E-state index in [0.717, 1.165) is 12.1 Å². The van der Waals surface area contributed by atoms with Crippen LogP contribution in [-0.2, 0) is 0 Å². The summed E-state index contributed by atoms with van der Waals surface area (Å²) in [4.78, 5) is 32.6. The van der Waals surface area contributed by atoms with Crippen molar-refractivity contribution in [3.05, 3.63) is 28.3 Å². The van der Waals surface area contributed by atoms with Crippen molar-refractivity contribution in [1.82, 2.24) is 0 Å². The number of hydrogen-bond donors (Lipinski definition) is 1. The molecule has 1 N–H and O–H groups in total. The first kappa shape index (κ1) is 10.7. The van der Waals surface area contributed by atoms with Crippen LogP contribution in [0.5, 0.6) is 5.75 Å². The highest BCUT2D eigenvalue weighted by atomic mass is 16.6. The molecule has 0 bridgehead atoms.